The van der Waals surface area contributed by atoms with Crippen LogP contribution >= 0.6 is 0 Å². The lowest BCUT2D eigenvalue weighted by Gasteiger charge is -2.13. The summed E-state index contributed by atoms with van der Waals surface area (Å²) < 4.78 is 35.4. The van der Waals surface area contributed by atoms with E-state index in [2.05, 4.69) is 19.9 Å². The third-order valence-electron chi connectivity index (χ3n) is 3.93. The second-order valence-corrected chi connectivity index (χ2v) is 7.31. The highest BCUT2D eigenvalue weighted by Crippen LogP contribution is 2.14. The first-order valence-corrected chi connectivity index (χ1v) is 10.7. The average molecular weight is 349 g/mol. The van der Waals surface area contributed by atoms with Crippen LogP contribution in [0.3, 0.4) is 0 Å². The molecule has 0 amide bonds. The minimum atomic E-state index is -4.36. The third kappa shape index (κ3) is 17.8. The first kappa shape index (κ1) is 22.6. The van der Waals surface area contributed by atoms with Gasteiger partial charge in [0.15, 0.2) is 0 Å². The normalized spacial score (nSPS) is 13.7. The van der Waals surface area contributed by atoms with E-state index < -0.39 is 16.5 Å². The number of allylic oxidation sites excluding steroid dienone is 1. The van der Waals surface area contributed by atoms with Gasteiger partial charge in [0.25, 0.3) is 0 Å². The van der Waals surface area contributed by atoms with Gasteiger partial charge in [0.05, 0.1) is 6.10 Å². The van der Waals surface area contributed by atoms with Crippen LogP contribution in [0.25, 0.3) is 0 Å². The Bertz CT molecular complexity index is 376. The van der Waals surface area contributed by atoms with Crippen molar-refractivity contribution in [3.05, 3.63) is 12.2 Å². The van der Waals surface area contributed by atoms with E-state index in [1.54, 1.807) is 0 Å². The van der Waals surface area contributed by atoms with Crippen LogP contribution < -0.4 is 0 Å². The molecule has 1 unspecified atom stereocenters. The molecule has 0 aliphatic rings. The monoisotopic (exact) mass is 348 g/mol. The third-order valence-corrected chi connectivity index (χ3v) is 4.44. The fourth-order valence-electron chi connectivity index (χ4n) is 2.58. The Balaban J connectivity index is 3.90. The highest BCUT2D eigenvalue weighted by atomic mass is 32.3. The first-order chi connectivity index (χ1) is 11.0. The summed E-state index contributed by atoms with van der Waals surface area (Å²) in [4.78, 5) is 0. The average Bonchev–Trinajstić information content (AvgIpc) is 2.48. The maximum absolute atomic E-state index is 10.9. The first-order valence-electron chi connectivity index (χ1n) is 9.30. The zero-order valence-electron chi connectivity index (χ0n) is 15.0. The summed E-state index contributed by atoms with van der Waals surface area (Å²) in [5, 5.41) is 0. The molecule has 23 heavy (non-hydrogen) atoms. The van der Waals surface area contributed by atoms with Gasteiger partial charge in [0, 0.05) is 0 Å². The molecule has 0 aromatic rings. The van der Waals surface area contributed by atoms with Gasteiger partial charge in [-0.2, -0.15) is 8.42 Å². The highest BCUT2D eigenvalue weighted by Gasteiger charge is 2.15. The van der Waals surface area contributed by atoms with Gasteiger partial charge in [0.2, 0.25) is 0 Å². The minimum Gasteiger partial charge on any atom is -0.264 e. The van der Waals surface area contributed by atoms with E-state index in [-0.39, 0.29) is 0 Å². The van der Waals surface area contributed by atoms with Gasteiger partial charge in [-0.25, -0.2) is 4.18 Å². The SMILES string of the molecule is CCCCCCCC/C=C\CC(CCCCCC)OS(=O)(=O)O. The summed E-state index contributed by atoms with van der Waals surface area (Å²) in [6.07, 6.45) is 17.8. The molecule has 0 rings (SSSR count). The number of hydrogen-bond acceptors (Lipinski definition) is 3. The Labute approximate surface area is 143 Å². The van der Waals surface area contributed by atoms with Crippen LogP contribution in [0, 0.1) is 0 Å². The quantitative estimate of drug-likeness (QED) is 0.216. The van der Waals surface area contributed by atoms with Crippen molar-refractivity contribution in [2.75, 3.05) is 0 Å². The van der Waals surface area contributed by atoms with Crippen LogP contribution in [0.5, 0.6) is 0 Å². The van der Waals surface area contributed by atoms with E-state index in [0.717, 1.165) is 32.1 Å². The van der Waals surface area contributed by atoms with Crippen molar-refractivity contribution < 1.29 is 17.2 Å². The van der Waals surface area contributed by atoms with Gasteiger partial charge < -0.3 is 0 Å². The van der Waals surface area contributed by atoms with Gasteiger partial charge in [-0.1, -0.05) is 83.8 Å². The Morgan fingerprint density at radius 3 is 2.04 bits per heavy atom. The van der Waals surface area contributed by atoms with Crippen molar-refractivity contribution in [3.8, 4) is 0 Å². The number of hydrogen-bond donors (Lipinski definition) is 1. The Morgan fingerprint density at radius 2 is 1.43 bits per heavy atom. The van der Waals surface area contributed by atoms with Gasteiger partial charge in [-0.3, -0.25) is 4.55 Å². The highest BCUT2D eigenvalue weighted by molar-refractivity contribution is 7.80. The molecule has 1 atom stereocenters. The summed E-state index contributed by atoms with van der Waals surface area (Å²) in [7, 11) is -4.36. The molecule has 0 fully saturated rings. The van der Waals surface area contributed by atoms with Crippen LogP contribution in [-0.4, -0.2) is 19.1 Å². The van der Waals surface area contributed by atoms with E-state index >= 15 is 0 Å². The Hall–Kier alpha value is -0.390. The van der Waals surface area contributed by atoms with Crippen LogP contribution in [0.15, 0.2) is 12.2 Å². The van der Waals surface area contributed by atoms with E-state index in [9.17, 15) is 8.42 Å². The van der Waals surface area contributed by atoms with Crippen LogP contribution in [0.2, 0.25) is 0 Å². The molecular weight excluding hydrogens is 312 g/mol. The van der Waals surface area contributed by atoms with Crippen molar-refractivity contribution >= 4 is 10.4 Å². The summed E-state index contributed by atoms with van der Waals surface area (Å²) in [6, 6.07) is 0. The largest absolute Gasteiger partial charge is 0.397 e. The molecule has 0 spiro atoms. The fourth-order valence-corrected chi connectivity index (χ4v) is 3.10. The van der Waals surface area contributed by atoms with Crippen molar-refractivity contribution in [1.82, 2.24) is 0 Å². The van der Waals surface area contributed by atoms with E-state index in [1.807, 2.05) is 6.08 Å². The van der Waals surface area contributed by atoms with Crippen LogP contribution in [0.4, 0.5) is 0 Å². The standard InChI is InChI=1S/C18H36O4S/c1-3-5-7-9-10-11-12-13-15-17-18(22-23(19,20)21)16-14-8-6-4-2/h13,15,18H,3-12,14,16-17H2,1-2H3,(H,19,20,21)/b15-13-. The molecule has 0 aliphatic heterocycles. The predicted molar refractivity (Wildman–Crippen MR) is 96.9 cm³/mol. The van der Waals surface area contributed by atoms with E-state index in [0.29, 0.717) is 12.8 Å². The Kier molecular flexibility index (Phi) is 14.9. The minimum absolute atomic E-state index is 0.442. The molecule has 0 saturated carbocycles. The van der Waals surface area contributed by atoms with Gasteiger partial charge in [-0.15, -0.1) is 0 Å². The topological polar surface area (TPSA) is 63.6 Å². The molecule has 0 aromatic heterocycles. The molecular formula is C18H36O4S. The summed E-state index contributed by atoms with van der Waals surface area (Å²) >= 11 is 0. The summed E-state index contributed by atoms with van der Waals surface area (Å²) in [5.74, 6) is 0. The van der Waals surface area contributed by atoms with E-state index in [1.165, 1.54) is 38.5 Å². The van der Waals surface area contributed by atoms with Crippen molar-refractivity contribution in [2.24, 2.45) is 0 Å². The van der Waals surface area contributed by atoms with Crippen molar-refractivity contribution in [2.45, 2.75) is 103 Å². The molecule has 138 valence electrons. The van der Waals surface area contributed by atoms with Crippen molar-refractivity contribution in [3.63, 3.8) is 0 Å². The molecule has 0 radical (unpaired) electrons. The van der Waals surface area contributed by atoms with Gasteiger partial charge in [-0.05, 0) is 25.7 Å². The van der Waals surface area contributed by atoms with Gasteiger partial charge >= 0.3 is 10.4 Å². The molecule has 0 bridgehead atoms. The predicted octanol–water partition coefficient (Wildman–Crippen LogP) is 5.84. The maximum Gasteiger partial charge on any atom is 0.397 e. The zero-order chi connectivity index (χ0) is 17.4. The second-order valence-electron chi connectivity index (χ2n) is 6.26. The second kappa shape index (κ2) is 15.2. The molecule has 4 nitrogen and oxygen atoms in total. The molecule has 5 heteroatoms. The lowest BCUT2D eigenvalue weighted by Crippen LogP contribution is -2.17. The summed E-state index contributed by atoms with van der Waals surface area (Å²) in [5.41, 5.74) is 0. The van der Waals surface area contributed by atoms with Gasteiger partial charge in [0.1, 0.15) is 0 Å². The zero-order valence-corrected chi connectivity index (χ0v) is 15.8. The maximum atomic E-state index is 10.9. The van der Waals surface area contributed by atoms with Crippen molar-refractivity contribution in [1.29, 1.82) is 0 Å². The molecule has 0 heterocycles. The number of rotatable bonds is 16. The smallest absolute Gasteiger partial charge is 0.264 e. The Morgan fingerprint density at radius 1 is 0.870 bits per heavy atom. The van der Waals surface area contributed by atoms with E-state index in [4.69, 9.17) is 8.74 Å². The van der Waals surface area contributed by atoms with Crippen LogP contribution in [-0.2, 0) is 14.6 Å². The lowest BCUT2D eigenvalue weighted by atomic mass is 10.1. The molecule has 0 saturated heterocycles. The fraction of sp³-hybridized carbons (Fsp3) is 0.889. The lowest BCUT2D eigenvalue weighted by molar-refractivity contribution is 0.171. The molecule has 0 aromatic carbocycles. The summed E-state index contributed by atoms with van der Waals surface area (Å²) in [6.45, 7) is 4.35. The number of unbranched alkanes of at least 4 members (excludes halogenated alkanes) is 9. The molecule has 1 N–H and O–H groups in total. The molecule has 0 aliphatic carbocycles. The van der Waals surface area contributed by atoms with Crippen LogP contribution in [0.1, 0.15) is 97.3 Å².